The number of pyridine rings is 2. The fourth-order valence-corrected chi connectivity index (χ4v) is 5.64. The topological polar surface area (TPSA) is 60.7 Å². The van der Waals surface area contributed by atoms with Crippen molar-refractivity contribution in [1.29, 1.82) is 0 Å². The fourth-order valence-electron chi connectivity index (χ4n) is 4.16. The summed E-state index contributed by atoms with van der Waals surface area (Å²) in [4.78, 5) is 27.1. The molecule has 9 heteroatoms. The minimum Gasteiger partial charge on any atom is -0.306 e. The third-order valence-electron chi connectivity index (χ3n) is 5.96. The van der Waals surface area contributed by atoms with E-state index >= 15 is 0 Å². The van der Waals surface area contributed by atoms with Crippen LogP contribution in [-0.2, 0) is 11.3 Å². The molecule has 0 aliphatic carbocycles. The second-order valence-electron chi connectivity index (χ2n) is 8.37. The number of hydrogen-bond acceptors (Lipinski definition) is 6. The summed E-state index contributed by atoms with van der Waals surface area (Å²) >= 11 is 19.2. The van der Waals surface area contributed by atoms with Crippen LogP contribution in [0, 0.1) is 4.64 Å². The van der Waals surface area contributed by atoms with Gasteiger partial charge in [0.05, 0.1) is 23.3 Å². The molecule has 3 aromatic heterocycles. The van der Waals surface area contributed by atoms with Gasteiger partial charge in [0.2, 0.25) is 5.12 Å². The third-order valence-corrected chi connectivity index (χ3v) is 7.83. The largest absolute Gasteiger partial charge is 0.306 e. The van der Waals surface area contributed by atoms with Crippen LogP contribution in [0.5, 0.6) is 0 Å². The third kappa shape index (κ3) is 4.71. The number of carbonyl (C=O) groups excluding carboxylic acids is 1. The van der Waals surface area contributed by atoms with E-state index in [0.717, 1.165) is 39.5 Å². The molecule has 2 aromatic carbocycles. The highest BCUT2D eigenvalue weighted by atomic mass is 35.5. The maximum atomic E-state index is 13.0. The number of fused-ring (bicyclic) bond motifs is 2. The van der Waals surface area contributed by atoms with Crippen LogP contribution in [0.1, 0.15) is 5.56 Å². The molecule has 37 heavy (non-hydrogen) atoms. The van der Waals surface area contributed by atoms with Gasteiger partial charge in [0, 0.05) is 21.8 Å². The Morgan fingerprint density at radius 2 is 1.65 bits per heavy atom. The molecular formula is C28H16Cl2N4OS2. The Balaban J connectivity index is 1.56. The molecule has 0 saturated heterocycles. The van der Waals surface area contributed by atoms with E-state index in [4.69, 9.17) is 45.4 Å². The average molecular weight is 560 g/mol. The molecule has 5 aromatic rings. The van der Waals surface area contributed by atoms with Crippen molar-refractivity contribution in [1.82, 2.24) is 19.5 Å². The normalized spacial score (nSPS) is 14.2. The van der Waals surface area contributed by atoms with Gasteiger partial charge in [0.1, 0.15) is 4.64 Å². The quantitative estimate of drug-likeness (QED) is 0.127. The molecule has 0 bridgehead atoms. The van der Waals surface area contributed by atoms with Gasteiger partial charge >= 0.3 is 0 Å². The van der Waals surface area contributed by atoms with Gasteiger partial charge in [0.15, 0.2) is 10.8 Å². The fraction of sp³-hybridized carbons (Fsp3) is 0.0357. The molecule has 0 fully saturated rings. The minimum atomic E-state index is -0.0741. The summed E-state index contributed by atoms with van der Waals surface area (Å²) in [5.41, 5.74) is 5.17. The number of nitrogens with zero attached hydrogens (tertiary/aromatic N) is 4. The number of benzene rings is 2. The minimum absolute atomic E-state index is 0.0741. The van der Waals surface area contributed by atoms with Crippen molar-refractivity contribution in [3.8, 4) is 22.5 Å². The number of hydrogen-bond donors (Lipinski definition) is 0. The smallest absolute Gasteiger partial charge is 0.224 e. The van der Waals surface area contributed by atoms with Crippen LogP contribution >= 0.6 is 47.2 Å². The molecule has 1 aliphatic heterocycles. The molecule has 0 spiro atoms. The van der Waals surface area contributed by atoms with Gasteiger partial charge in [-0.15, -0.1) is 0 Å². The first-order chi connectivity index (χ1) is 18.0. The SMILES string of the molecule is O=C1Sc2nc3nc(-c4ccccn4)cc(-c4ccc(Cl)cc4)c3c(=S)n2C/C1=C/c1ccc(Cl)cc1. The van der Waals surface area contributed by atoms with Crippen molar-refractivity contribution in [3.63, 3.8) is 0 Å². The summed E-state index contributed by atoms with van der Waals surface area (Å²) in [7, 11) is 0. The van der Waals surface area contributed by atoms with Crippen LogP contribution < -0.4 is 0 Å². The van der Waals surface area contributed by atoms with E-state index in [1.807, 2.05) is 71.3 Å². The molecule has 0 radical (unpaired) electrons. The number of thioether (sulfide) groups is 1. The van der Waals surface area contributed by atoms with Crippen molar-refractivity contribution in [3.05, 3.63) is 105 Å². The molecule has 0 unspecified atom stereocenters. The zero-order valence-corrected chi connectivity index (χ0v) is 22.2. The molecule has 0 atom stereocenters. The molecular weight excluding hydrogens is 543 g/mol. The predicted molar refractivity (Wildman–Crippen MR) is 152 cm³/mol. The Bertz CT molecular complexity index is 1770. The van der Waals surface area contributed by atoms with Gasteiger partial charge in [0.25, 0.3) is 0 Å². The molecule has 1 aliphatic rings. The Kier molecular flexibility index (Phi) is 6.38. The van der Waals surface area contributed by atoms with Crippen LogP contribution in [0.4, 0.5) is 0 Å². The number of aromatic nitrogens is 4. The van der Waals surface area contributed by atoms with Crippen molar-refractivity contribution in [2.24, 2.45) is 0 Å². The Hall–Kier alpha value is -3.36. The zero-order chi connectivity index (χ0) is 25.5. The van der Waals surface area contributed by atoms with Crippen LogP contribution in [0.15, 0.2) is 89.7 Å². The summed E-state index contributed by atoms with van der Waals surface area (Å²) in [6.45, 7) is 0.313. The first-order valence-electron chi connectivity index (χ1n) is 11.3. The number of carbonyl (C=O) groups is 1. The van der Waals surface area contributed by atoms with E-state index < -0.39 is 0 Å². The highest BCUT2D eigenvalue weighted by Crippen LogP contribution is 2.36. The van der Waals surface area contributed by atoms with E-state index in [-0.39, 0.29) is 5.12 Å². The summed E-state index contributed by atoms with van der Waals surface area (Å²) < 4.78 is 2.46. The standard InChI is InChI=1S/C28H16Cl2N4OS2/c29-19-8-4-16(5-9-19)13-18-15-34-26(36)24-21(17-6-10-20(30)11-7-17)14-23(22-3-1-2-12-31-22)32-25(24)33-28(34)37-27(18)35/h1-14H,15H2/b18-13-. The van der Waals surface area contributed by atoms with E-state index in [1.54, 1.807) is 18.3 Å². The average Bonchev–Trinajstić information content (AvgIpc) is 2.91. The lowest BCUT2D eigenvalue weighted by molar-refractivity contribution is -0.108. The summed E-state index contributed by atoms with van der Waals surface area (Å²) in [5, 5.41) is 2.46. The molecule has 6 rings (SSSR count). The first-order valence-corrected chi connectivity index (χ1v) is 13.3. The van der Waals surface area contributed by atoms with Gasteiger partial charge in [-0.05, 0) is 77.0 Å². The predicted octanol–water partition coefficient (Wildman–Crippen LogP) is 7.91. The van der Waals surface area contributed by atoms with Crippen molar-refractivity contribution in [2.45, 2.75) is 11.7 Å². The van der Waals surface area contributed by atoms with Crippen molar-refractivity contribution >= 4 is 69.4 Å². The van der Waals surface area contributed by atoms with Gasteiger partial charge in [-0.25, -0.2) is 9.97 Å². The van der Waals surface area contributed by atoms with E-state index in [0.29, 0.717) is 43.3 Å². The van der Waals surface area contributed by atoms with E-state index in [2.05, 4.69) is 4.98 Å². The van der Waals surface area contributed by atoms with Crippen molar-refractivity contribution in [2.75, 3.05) is 0 Å². The second-order valence-corrected chi connectivity index (χ2v) is 10.6. The van der Waals surface area contributed by atoms with Gasteiger partial charge < -0.3 is 4.57 Å². The maximum absolute atomic E-state index is 13.0. The van der Waals surface area contributed by atoms with Gasteiger partial charge in [-0.1, -0.05) is 65.8 Å². The molecule has 0 saturated carbocycles. The van der Waals surface area contributed by atoms with Gasteiger partial charge in [-0.3, -0.25) is 9.78 Å². The molecule has 180 valence electrons. The molecule has 4 heterocycles. The maximum Gasteiger partial charge on any atom is 0.224 e. The van der Waals surface area contributed by atoms with Crippen LogP contribution in [-0.4, -0.2) is 24.6 Å². The highest BCUT2D eigenvalue weighted by molar-refractivity contribution is 8.14. The summed E-state index contributed by atoms with van der Waals surface area (Å²) in [6.07, 6.45) is 3.59. The highest BCUT2D eigenvalue weighted by Gasteiger charge is 2.25. The first kappa shape index (κ1) is 24.0. The van der Waals surface area contributed by atoms with E-state index in [1.165, 1.54) is 0 Å². The van der Waals surface area contributed by atoms with Crippen LogP contribution in [0.2, 0.25) is 10.0 Å². The van der Waals surface area contributed by atoms with Gasteiger partial charge in [-0.2, -0.15) is 0 Å². The molecule has 0 amide bonds. The Morgan fingerprint density at radius 1 is 0.919 bits per heavy atom. The number of halogens is 2. The Morgan fingerprint density at radius 3 is 2.35 bits per heavy atom. The lowest BCUT2D eigenvalue weighted by atomic mass is 10.0. The number of rotatable bonds is 3. The van der Waals surface area contributed by atoms with Crippen molar-refractivity contribution < 1.29 is 4.79 Å². The lowest BCUT2D eigenvalue weighted by Crippen LogP contribution is -2.19. The summed E-state index contributed by atoms with van der Waals surface area (Å²) in [5.74, 6) is 0. The summed E-state index contributed by atoms with van der Waals surface area (Å²) in [6, 6.07) is 22.6. The molecule has 5 nitrogen and oxygen atoms in total. The zero-order valence-electron chi connectivity index (χ0n) is 19.1. The second kappa shape index (κ2) is 9.84. The van der Waals surface area contributed by atoms with E-state index in [9.17, 15) is 4.79 Å². The van der Waals surface area contributed by atoms with Crippen LogP contribution in [0.3, 0.4) is 0 Å². The Labute approximate surface area is 231 Å². The lowest BCUT2D eigenvalue weighted by Gasteiger charge is -2.21. The van der Waals surface area contributed by atoms with Crippen LogP contribution in [0.25, 0.3) is 39.6 Å². The molecule has 0 N–H and O–H groups in total. The monoisotopic (exact) mass is 558 g/mol.